The van der Waals surface area contributed by atoms with Gasteiger partial charge in [0.05, 0.1) is 5.69 Å². The third-order valence-electron chi connectivity index (χ3n) is 15.5. The molecule has 0 bridgehead atoms. The van der Waals surface area contributed by atoms with Crippen molar-refractivity contribution in [1.82, 2.24) is 45.6 Å². The topological polar surface area (TPSA) is 297 Å². The smallest absolute Gasteiger partial charge is 0.0134 e. The van der Waals surface area contributed by atoms with Gasteiger partial charge in [-0.15, -0.1) is 37.1 Å². The van der Waals surface area contributed by atoms with Gasteiger partial charge in [0.15, 0.2) is 21.9 Å². The van der Waals surface area contributed by atoms with Crippen LogP contribution >= 0.6 is 71.7 Å². The van der Waals surface area contributed by atoms with Gasteiger partial charge >= 0.3 is 70.9 Å². The number of amides is 5. The van der Waals surface area contributed by atoms with Gasteiger partial charge in [-0.05, 0) is 96.6 Å². The number of aryl methyl sites for hydroxylation is 2. The standard InChI is InChI=1S/C18H19N5O2.2C18H15P.C10H10ClN5O2.C8H9.C6H8N2O3.C4H4ClN3.BrH.2ClH.Pd.Zn/c1-12-4-3-5-13(10-12)11-14-6-8-16(21-20-14)19-18(25)15-7-9-17(24)23(2)22-15;2*1-4-10-16(11-5-1)19(17-12-6-2-7-13-17)18-14-8-3-9-15-18;1-16-9(17)5-2-6(15-16)10(18)12-8-4-3-7(11)13-14-8;1-7-4-3-5-8(2)6-7;1-8-5(9)3-2-4(7-8)6(10)11;5-3-1-2-4(6)8-7-3;;;;;/h3-6,8,10H,7,9,11H2,1-2H3,(H,19,21,25);2*1-15H;3-4H,2,5H2,1H3,(H,12,14,18);3-6H,1H2,2H3;2-3H2,1H3,(H,10,11);1-2H,(H2,6,8);3*1H;;/q;;;;-1;;;;;;2*+2/p-3. The number of nitrogens with one attached hydrogen (secondary N) is 2. The third kappa shape index (κ3) is 33.5. The van der Waals surface area contributed by atoms with Crippen LogP contribution in [0.4, 0.5) is 17.5 Å². The maximum Gasteiger partial charge on any atom is -0.0134 e. The minimum Gasteiger partial charge on any atom is -0.0622 e. The molecule has 0 fully saturated rings. The molecule has 5 amide bonds. The number of nitrogens with zero attached hydrogens (tertiary/aromatic N) is 12. The van der Waals surface area contributed by atoms with Crippen molar-refractivity contribution >= 4 is 174 Å². The number of rotatable bonds is 13. The Morgan fingerprint density at radius 2 is 0.779 bits per heavy atom. The summed E-state index contributed by atoms with van der Waals surface area (Å²) in [7, 11) is 13.2. The van der Waals surface area contributed by atoms with Crippen LogP contribution in [0, 0.1) is 20.8 Å². The number of nitrogens with two attached hydrogens (primary N) is 1. The first kappa shape index (κ1) is 92.2. The summed E-state index contributed by atoms with van der Waals surface area (Å²) in [4.78, 5) is 67.7. The van der Waals surface area contributed by atoms with Crippen LogP contribution in [0.25, 0.3) is 0 Å². The van der Waals surface area contributed by atoms with E-state index in [1.54, 1.807) is 18.2 Å². The molecule has 0 saturated heterocycles. The van der Waals surface area contributed by atoms with Crippen molar-refractivity contribution in [3.8, 4) is 0 Å². The maximum absolute atomic E-state index is 12.2. The SMILES string of the molecule is CN1N=C(C(=O)Nc2ccc(Cl)nn2)CCC1=O.CN1N=C(C(=O)O)CCC1=O.Cc1cccc(Cc2ccc(NC(=O)C3=NN(C)C(=O)CC3)nn2)c1.Nc1ccc(Cl)nn1.[CH2-]c1cccc(C)c1.[Cl][Pd][Cl].[Zn+][Br].c1ccc(P(c2ccccc2)c2ccccc2)cc1.c1ccc(P(c2ccccc2)c2ccccc2)cc1. The van der Waals surface area contributed by atoms with Crippen LogP contribution in [0.15, 0.2) is 282 Å². The number of halogens is 5. The van der Waals surface area contributed by atoms with E-state index < -0.39 is 27.7 Å². The molecular weight excluding hydrogens is 1760 g/mol. The number of carboxylic acids is 1. The number of hydrogen-bond acceptors (Lipinski definition) is 16. The third-order valence-corrected chi connectivity index (χ3v) is 20.8. The molecule has 0 radical (unpaired) electrons. The van der Waals surface area contributed by atoms with Crippen molar-refractivity contribution in [3.05, 3.63) is 312 Å². The van der Waals surface area contributed by atoms with Crippen LogP contribution in [0.3, 0.4) is 0 Å². The Bertz CT molecular complexity index is 4530. The van der Waals surface area contributed by atoms with Crippen LogP contribution in [-0.4, -0.2) is 125 Å². The second kappa shape index (κ2) is 51.1. The average Bonchev–Trinajstić information content (AvgIpc) is 0.817. The molecule has 11 aromatic rings. The molecule has 8 aromatic carbocycles. The summed E-state index contributed by atoms with van der Waals surface area (Å²) in [6.45, 7) is 7.89. The van der Waals surface area contributed by atoms with Crippen LogP contribution in [-0.2, 0) is 67.5 Å². The molecule has 0 saturated carbocycles. The number of hydrazone groups is 3. The molecule has 3 aliphatic heterocycles. The monoisotopic (exact) mass is 1840 g/mol. The minimum absolute atomic E-state index is 0.0482. The first-order valence-electron chi connectivity index (χ1n) is 34.5. The zero-order valence-electron chi connectivity index (χ0n) is 62.2. The van der Waals surface area contributed by atoms with E-state index in [4.69, 9.17) is 53.1 Å². The summed E-state index contributed by atoms with van der Waals surface area (Å²) in [5, 5.41) is 60.0. The molecule has 22 nitrogen and oxygen atoms in total. The van der Waals surface area contributed by atoms with Gasteiger partial charge in [-0.1, -0.05) is 248 Å². The van der Waals surface area contributed by atoms with Crippen LogP contribution < -0.4 is 48.2 Å². The van der Waals surface area contributed by atoms with Crippen molar-refractivity contribution in [3.63, 3.8) is 0 Å². The predicted molar refractivity (Wildman–Crippen MR) is 454 cm³/mol. The molecule has 31 heteroatoms. The summed E-state index contributed by atoms with van der Waals surface area (Å²) >= 11 is 15.1. The number of hydrogen-bond donors (Lipinski definition) is 4. The van der Waals surface area contributed by atoms with Crippen molar-refractivity contribution < 1.29 is 66.2 Å². The number of anilines is 3. The van der Waals surface area contributed by atoms with E-state index in [1.165, 1.54) is 97.6 Å². The van der Waals surface area contributed by atoms with Crippen molar-refractivity contribution in [2.45, 2.75) is 58.8 Å². The fraction of sp³-hybridized carbons (Fsp3) is 0.146. The quantitative estimate of drug-likeness (QED) is 0.0474. The minimum atomic E-state index is -1.05. The molecule has 582 valence electrons. The van der Waals surface area contributed by atoms with E-state index in [1.807, 2.05) is 43.3 Å². The van der Waals surface area contributed by atoms with E-state index in [0.717, 1.165) is 26.8 Å². The van der Waals surface area contributed by atoms with Crippen LogP contribution in [0.1, 0.15) is 66.5 Å². The zero-order chi connectivity index (χ0) is 81.9. The van der Waals surface area contributed by atoms with Gasteiger partial charge in [0.1, 0.15) is 23.0 Å². The second-order valence-corrected chi connectivity index (χ2v) is 31.5. The van der Waals surface area contributed by atoms with Crippen LogP contribution in [0.5, 0.6) is 0 Å². The van der Waals surface area contributed by atoms with Gasteiger partial charge in [0.2, 0.25) is 17.7 Å². The normalized spacial score (nSPS) is 12.5. The molecule has 14 rings (SSSR count). The summed E-state index contributed by atoms with van der Waals surface area (Å²) in [5.41, 5.74) is 11.4. The Morgan fingerprint density at radius 3 is 1.06 bits per heavy atom. The number of nitrogen functional groups attached to an aromatic ring is 1. The Labute approximate surface area is 703 Å². The summed E-state index contributed by atoms with van der Waals surface area (Å²) in [6, 6.07) is 90.8. The number of carboxylic acid groups (broad SMARTS) is 1. The molecule has 3 aromatic heterocycles. The van der Waals surface area contributed by atoms with Gasteiger partial charge in [-0.25, -0.2) is 19.8 Å². The summed E-state index contributed by atoms with van der Waals surface area (Å²) in [5.74, 6) is -1.14. The molecular formula is C82H80BrCl4N15O7P2PdZn. The number of aromatic nitrogens is 6. The number of benzene rings is 8. The fourth-order valence-corrected chi connectivity index (χ4v) is 15.0. The Morgan fingerprint density at radius 1 is 0.451 bits per heavy atom. The Kier molecular flexibility index (Phi) is 41.7. The van der Waals surface area contributed by atoms with Gasteiger partial charge in [0, 0.05) is 66.1 Å². The van der Waals surface area contributed by atoms with Crippen molar-refractivity contribution in [2.24, 2.45) is 15.3 Å². The molecule has 113 heavy (non-hydrogen) atoms. The van der Waals surface area contributed by atoms with Gasteiger partial charge in [-0.2, -0.15) is 45.0 Å². The van der Waals surface area contributed by atoms with Gasteiger partial charge in [0.25, 0.3) is 11.8 Å². The van der Waals surface area contributed by atoms with Crippen LogP contribution in [0.2, 0.25) is 10.3 Å². The molecule has 0 unspecified atom stereocenters. The van der Waals surface area contributed by atoms with Crippen molar-refractivity contribution in [1.29, 1.82) is 0 Å². The molecule has 3 aliphatic rings. The molecule has 0 aliphatic carbocycles. The van der Waals surface area contributed by atoms with E-state index >= 15 is 0 Å². The van der Waals surface area contributed by atoms with E-state index in [0.29, 0.717) is 41.8 Å². The van der Waals surface area contributed by atoms with Crippen molar-refractivity contribution in [2.75, 3.05) is 37.5 Å². The zero-order valence-corrected chi connectivity index (χ0v) is 73.1. The van der Waals surface area contributed by atoms with E-state index in [9.17, 15) is 28.8 Å². The molecule has 6 heterocycles. The maximum atomic E-state index is 12.2. The summed E-state index contributed by atoms with van der Waals surface area (Å²) < 4.78 is 0. The Balaban J connectivity index is 0.000000209. The molecule has 0 atom stereocenters. The Hall–Kier alpha value is -9.71. The van der Waals surface area contributed by atoms with E-state index in [-0.39, 0.29) is 87.6 Å². The predicted octanol–water partition coefficient (Wildman–Crippen LogP) is 14.3. The first-order chi connectivity index (χ1) is 54.6. The largest absolute Gasteiger partial charge is 0.0622 e. The number of carbonyl (C=O) groups is 6. The van der Waals surface area contributed by atoms with Gasteiger partial charge < -0.3 is 21.5 Å². The molecule has 0 spiro atoms. The first-order valence-corrected chi connectivity index (χ1v) is 48.9. The molecule has 5 N–H and O–H groups in total. The fourth-order valence-electron chi connectivity index (χ4n) is 10.2. The van der Waals surface area contributed by atoms with E-state index in [2.05, 4.69) is 284 Å². The number of carbonyl (C=O) groups excluding carboxylic acids is 5. The second-order valence-electron chi connectivity index (χ2n) is 23.9. The number of aliphatic carboxylic acids is 1. The van der Waals surface area contributed by atoms with Gasteiger partial charge in [-0.3, -0.25) is 24.0 Å². The summed E-state index contributed by atoms with van der Waals surface area (Å²) in [6.07, 6.45) is 2.35. The average molecular weight is 1840 g/mol.